The van der Waals surface area contributed by atoms with Gasteiger partial charge < -0.3 is 0 Å². The fraction of sp³-hybridized carbons (Fsp3) is 0. The molecule has 0 aliphatic heterocycles. The summed E-state index contributed by atoms with van der Waals surface area (Å²) in [4.78, 5) is 8.26. The van der Waals surface area contributed by atoms with Gasteiger partial charge in [-0.1, -0.05) is 0 Å². The number of rotatable bonds is 2. The molecular weight excluding hydrogens is 258 g/mol. The molecule has 2 heterocycles. The van der Waals surface area contributed by atoms with E-state index >= 15 is 0 Å². The normalized spacial score (nSPS) is 10.8. The SMILES string of the molecule is Fc1ccc(-c2csc(-c3ncn[nH]3)n2)cc1F. The average molecular weight is 264 g/mol. The molecule has 0 bridgehead atoms. The summed E-state index contributed by atoms with van der Waals surface area (Å²) < 4.78 is 25.9. The maximum Gasteiger partial charge on any atom is 0.184 e. The highest BCUT2D eigenvalue weighted by atomic mass is 32.1. The van der Waals surface area contributed by atoms with Gasteiger partial charge >= 0.3 is 0 Å². The third-order valence-corrected chi connectivity index (χ3v) is 3.19. The van der Waals surface area contributed by atoms with E-state index in [2.05, 4.69) is 20.2 Å². The van der Waals surface area contributed by atoms with Crippen LogP contribution in [0.4, 0.5) is 8.78 Å². The van der Waals surface area contributed by atoms with Gasteiger partial charge in [-0.05, 0) is 18.2 Å². The Morgan fingerprint density at radius 1 is 1.17 bits per heavy atom. The van der Waals surface area contributed by atoms with Gasteiger partial charge in [-0.15, -0.1) is 11.3 Å². The van der Waals surface area contributed by atoms with E-state index in [1.165, 1.54) is 23.7 Å². The Hall–Kier alpha value is -2.15. The van der Waals surface area contributed by atoms with Crippen LogP contribution in [0.2, 0.25) is 0 Å². The molecule has 0 spiro atoms. The minimum Gasteiger partial charge on any atom is -0.257 e. The summed E-state index contributed by atoms with van der Waals surface area (Å²) in [6.45, 7) is 0. The van der Waals surface area contributed by atoms with E-state index in [1.54, 1.807) is 5.38 Å². The average Bonchev–Trinajstić information content (AvgIpc) is 3.01. The van der Waals surface area contributed by atoms with Gasteiger partial charge in [-0.2, -0.15) is 5.10 Å². The summed E-state index contributed by atoms with van der Waals surface area (Å²) in [6, 6.07) is 3.68. The largest absolute Gasteiger partial charge is 0.257 e. The van der Waals surface area contributed by atoms with E-state index in [1.807, 2.05) is 0 Å². The predicted octanol–water partition coefficient (Wildman–Crippen LogP) is 2.87. The van der Waals surface area contributed by atoms with Crippen LogP contribution in [0, 0.1) is 11.6 Å². The number of aromatic amines is 1. The number of aromatic nitrogens is 4. The van der Waals surface area contributed by atoms with Crippen molar-refractivity contribution < 1.29 is 8.78 Å². The summed E-state index contributed by atoms with van der Waals surface area (Å²) in [5.74, 6) is -1.21. The number of hydrogen-bond donors (Lipinski definition) is 1. The smallest absolute Gasteiger partial charge is 0.184 e. The van der Waals surface area contributed by atoms with Crippen molar-refractivity contribution in [3.63, 3.8) is 0 Å². The van der Waals surface area contributed by atoms with E-state index in [9.17, 15) is 8.78 Å². The second kappa shape index (κ2) is 4.26. The van der Waals surface area contributed by atoms with Crippen molar-refractivity contribution >= 4 is 11.3 Å². The Morgan fingerprint density at radius 3 is 2.78 bits per heavy atom. The fourth-order valence-electron chi connectivity index (χ4n) is 1.48. The van der Waals surface area contributed by atoms with Gasteiger partial charge in [0, 0.05) is 10.9 Å². The van der Waals surface area contributed by atoms with Crippen molar-refractivity contribution in [1.29, 1.82) is 0 Å². The third-order valence-electron chi connectivity index (χ3n) is 2.34. The van der Waals surface area contributed by atoms with Gasteiger partial charge in [-0.25, -0.2) is 18.7 Å². The van der Waals surface area contributed by atoms with Crippen molar-refractivity contribution in [2.24, 2.45) is 0 Å². The molecule has 2 aromatic heterocycles. The van der Waals surface area contributed by atoms with Crippen LogP contribution in [0.5, 0.6) is 0 Å². The van der Waals surface area contributed by atoms with Crippen LogP contribution in [0.25, 0.3) is 22.1 Å². The van der Waals surface area contributed by atoms with Crippen LogP contribution in [-0.4, -0.2) is 20.2 Å². The van der Waals surface area contributed by atoms with Crippen LogP contribution in [0.1, 0.15) is 0 Å². The molecule has 0 saturated heterocycles. The molecule has 0 amide bonds. The molecule has 0 atom stereocenters. The first kappa shape index (κ1) is 11.0. The molecule has 0 aliphatic rings. The number of nitrogens with zero attached hydrogens (tertiary/aromatic N) is 3. The Balaban J connectivity index is 2.00. The molecule has 0 unspecified atom stereocenters. The molecule has 1 N–H and O–H groups in total. The number of hydrogen-bond acceptors (Lipinski definition) is 4. The number of benzene rings is 1. The lowest BCUT2D eigenvalue weighted by Crippen LogP contribution is -1.86. The molecule has 4 nitrogen and oxygen atoms in total. The van der Waals surface area contributed by atoms with Crippen LogP contribution in [0.3, 0.4) is 0 Å². The van der Waals surface area contributed by atoms with Crippen LogP contribution in [0.15, 0.2) is 29.9 Å². The van der Waals surface area contributed by atoms with Gasteiger partial charge in [0.1, 0.15) is 6.33 Å². The second-order valence-corrected chi connectivity index (χ2v) is 4.36. The summed E-state index contributed by atoms with van der Waals surface area (Å²) in [5, 5.41) is 8.82. The number of thiazole rings is 1. The second-order valence-electron chi connectivity index (χ2n) is 3.50. The van der Waals surface area contributed by atoms with E-state index in [0.29, 0.717) is 22.1 Å². The number of nitrogens with one attached hydrogen (secondary N) is 1. The molecule has 0 saturated carbocycles. The molecule has 7 heteroatoms. The van der Waals surface area contributed by atoms with Crippen molar-refractivity contribution in [1.82, 2.24) is 20.2 Å². The quantitative estimate of drug-likeness (QED) is 0.774. The lowest BCUT2D eigenvalue weighted by Gasteiger charge is -1.97. The third kappa shape index (κ3) is 1.88. The lowest BCUT2D eigenvalue weighted by molar-refractivity contribution is 0.509. The minimum absolute atomic E-state index is 0.524. The van der Waals surface area contributed by atoms with Gasteiger partial charge in [0.05, 0.1) is 5.69 Å². The summed E-state index contributed by atoms with van der Waals surface area (Å²) in [5.41, 5.74) is 1.10. The van der Waals surface area contributed by atoms with Crippen molar-refractivity contribution in [3.05, 3.63) is 41.5 Å². The van der Waals surface area contributed by atoms with Gasteiger partial charge in [0.2, 0.25) is 0 Å². The molecule has 3 aromatic rings. The minimum atomic E-state index is -0.887. The summed E-state index contributed by atoms with van der Waals surface area (Å²) in [7, 11) is 0. The van der Waals surface area contributed by atoms with Crippen molar-refractivity contribution in [2.45, 2.75) is 0 Å². The molecule has 0 fully saturated rings. The van der Waals surface area contributed by atoms with Crippen molar-refractivity contribution in [2.75, 3.05) is 0 Å². The predicted molar refractivity (Wildman–Crippen MR) is 62.8 cm³/mol. The summed E-state index contributed by atoms with van der Waals surface area (Å²) in [6.07, 6.45) is 1.38. The van der Waals surface area contributed by atoms with Gasteiger partial charge in [0.25, 0.3) is 0 Å². The monoisotopic (exact) mass is 264 g/mol. The first-order chi connectivity index (χ1) is 8.74. The Labute approximate surface area is 104 Å². The summed E-state index contributed by atoms with van der Waals surface area (Å²) >= 11 is 1.35. The molecule has 0 radical (unpaired) electrons. The zero-order valence-electron chi connectivity index (χ0n) is 8.89. The molecule has 90 valence electrons. The zero-order valence-corrected chi connectivity index (χ0v) is 9.71. The van der Waals surface area contributed by atoms with Crippen LogP contribution >= 0.6 is 11.3 Å². The fourth-order valence-corrected chi connectivity index (χ4v) is 2.25. The molecule has 3 rings (SSSR count). The van der Waals surface area contributed by atoms with Crippen LogP contribution in [-0.2, 0) is 0 Å². The standard InChI is InChI=1S/C11H6F2N4S/c12-7-2-1-6(3-8(7)13)9-4-18-11(16-9)10-14-5-15-17-10/h1-5H,(H,14,15,17). The lowest BCUT2D eigenvalue weighted by atomic mass is 10.2. The first-order valence-corrected chi connectivity index (χ1v) is 5.88. The van der Waals surface area contributed by atoms with Crippen LogP contribution < -0.4 is 0 Å². The maximum atomic E-state index is 13.1. The van der Waals surface area contributed by atoms with E-state index in [4.69, 9.17) is 0 Å². The number of halogens is 2. The van der Waals surface area contributed by atoms with Crippen molar-refractivity contribution in [3.8, 4) is 22.1 Å². The topological polar surface area (TPSA) is 54.5 Å². The highest BCUT2D eigenvalue weighted by Gasteiger charge is 2.10. The molecule has 0 aliphatic carbocycles. The van der Waals surface area contributed by atoms with E-state index in [0.717, 1.165) is 12.1 Å². The first-order valence-electron chi connectivity index (χ1n) is 5.01. The zero-order chi connectivity index (χ0) is 12.5. The van der Waals surface area contributed by atoms with Gasteiger partial charge in [-0.3, -0.25) is 5.10 Å². The molecular formula is C11H6F2N4S. The molecule has 18 heavy (non-hydrogen) atoms. The molecule has 1 aromatic carbocycles. The van der Waals surface area contributed by atoms with Gasteiger partial charge in [0.15, 0.2) is 22.5 Å². The Kier molecular flexibility index (Phi) is 2.60. The number of H-pyrrole nitrogens is 1. The van der Waals surface area contributed by atoms with E-state index < -0.39 is 11.6 Å². The highest BCUT2D eigenvalue weighted by molar-refractivity contribution is 7.13. The Morgan fingerprint density at radius 2 is 2.06 bits per heavy atom. The maximum absolute atomic E-state index is 13.1. The Bertz CT molecular complexity index is 678. The van der Waals surface area contributed by atoms with E-state index in [-0.39, 0.29) is 0 Å². The highest BCUT2D eigenvalue weighted by Crippen LogP contribution is 2.27.